The van der Waals surface area contributed by atoms with Gasteiger partial charge in [-0.25, -0.2) is 4.79 Å². The standard InChI is InChI=1S/C14H20N2O3/c1-10-5-7-14(8-6-10,13(18)19)15-12(17)11-4-3-9-16(11)2/h3-4,9-10H,5-8H2,1-2H3,(H,15,17)(H,18,19). The van der Waals surface area contributed by atoms with E-state index in [1.54, 1.807) is 29.9 Å². The molecule has 1 aromatic rings. The first-order valence-electron chi connectivity index (χ1n) is 6.62. The highest BCUT2D eigenvalue weighted by Gasteiger charge is 2.42. The Morgan fingerprint density at radius 1 is 1.42 bits per heavy atom. The van der Waals surface area contributed by atoms with Crippen molar-refractivity contribution in [1.82, 2.24) is 9.88 Å². The van der Waals surface area contributed by atoms with Crippen molar-refractivity contribution in [2.75, 3.05) is 0 Å². The molecule has 0 saturated heterocycles. The number of aryl methyl sites for hydroxylation is 1. The molecule has 5 heteroatoms. The summed E-state index contributed by atoms with van der Waals surface area (Å²) in [7, 11) is 1.77. The first-order chi connectivity index (χ1) is 8.94. The largest absolute Gasteiger partial charge is 0.480 e. The third-order valence-corrected chi connectivity index (χ3v) is 4.07. The van der Waals surface area contributed by atoms with Crippen molar-refractivity contribution < 1.29 is 14.7 Å². The molecule has 0 aromatic carbocycles. The monoisotopic (exact) mass is 264 g/mol. The number of nitrogens with one attached hydrogen (secondary N) is 1. The second-order valence-electron chi connectivity index (χ2n) is 5.53. The van der Waals surface area contributed by atoms with E-state index in [0.717, 1.165) is 12.8 Å². The van der Waals surface area contributed by atoms with Gasteiger partial charge in [0.15, 0.2) is 0 Å². The molecular weight excluding hydrogens is 244 g/mol. The maximum Gasteiger partial charge on any atom is 0.329 e. The average molecular weight is 264 g/mol. The first-order valence-corrected chi connectivity index (χ1v) is 6.62. The van der Waals surface area contributed by atoms with E-state index in [4.69, 9.17) is 0 Å². The van der Waals surface area contributed by atoms with Crippen LogP contribution in [0.15, 0.2) is 18.3 Å². The van der Waals surface area contributed by atoms with Crippen molar-refractivity contribution >= 4 is 11.9 Å². The predicted octanol–water partition coefficient (Wildman–Crippen LogP) is 1.79. The predicted molar refractivity (Wildman–Crippen MR) is 70.9 cm³/mol. The van der Waals surface area contributed by atoms with Gasteiger partial charge in [-0.1, -0.05) is 6.92 Å². The zero-order chi connectivity index (χ0) is 14.0. The van der Waals surface area contributed by atoms with Gasteiger partial charge >= 0.3 is 5.97 Å². The van der Waals surface area contributed by atoms with Crippen LogP contribution in [0.2, 0.25) is 0 Å². The molecule has 1 aliphatic rings. The topological polar surface area (TPSA) is 71.3 Å². The SMILES string of the molecule is CC1CCC(NC(=O)c2cccn2C)(C(=O)O)CC1. The number of carboxylic acids is 1. The van der Waals surface area contributed by atoms with E-state index in [2.05, 4.69) is 12.2 Å². The van der Waals surface area contributed by atoms with E-state index >= 15 is 0 Å². The van der Waals surface area contributed by atoms with Crippen LogP contribution in [0.25, 0.3) is 0 Å². The molecule has 0 bridgehead atoms. The fraction of sp³-hybridized carbons (Fsp3) is 0.571. The lowest BCUT2D eigenvalue weighted by Gasteiger charge is -2.36. The molecule has 1 fully saturated rings. The van der Waals surface area contributed by atoms with Crippen LogP contribution in [-0.4, -0.2) is 27.1 Å². The first kappa shape index (κ1) is 13.6. The molecule has 0 atom stereocenters. The summed E-state index contributed by atoms with van der Waals surface area (Å²) in [5.41, 5.74) is -0.618. The van der Waals surface area contributed by atoms with Gasteiger partial charge in [-0.3, -0.25) is 4.79 Å². The molecule has 1 saturated carbocycles. The summed E-state index contributed by atoms with van der Waals surface area (Å²) < 4.78 is 1.69. The van der Waals surface area contributed by atoms with E-state index < -0.39 is 11.5 Å². The van der Waals surface area contributed by atoms with Gasteiger partial charge in [0.05, 0.1) is 0 Å². The Labute approximate surface area is 112 Å². The molecule has 0 aliphatic heterocycles. The Kier molecular flexibility index (Phi) is 3.64. The van der Waals surface area contributed by atoms with Crippen molar-refractivity contribution in [3.63, 3.8) is 0 Å². The van der Waals surface area contributed by atoms with E-state index in [-0.39, 0.29) is 5.91 Å². The molecule has 1 aliphatic carbocycles. The number of hydrogen-bond acceptors (Lipinski definition) is 2. The summed E-state index contributed by atoms with van der Waals surface area (Å²) in [6.45, 7) is 2.12. The van der Waals surface area contributed by atoms with Crippen molar-refractivity contribution in [2.24, 2.45) is 13.0 Å². The lowest BCUT2D eigenvalue weighted by Crippen LogP contribution is -2.56. The second-order valence-corrected chi connectivity index (χ2v) is 5.53. The minimum absolute atomic E-state index is 0.315. The molecule has 5 nitrogen and oxygen atoms in total. The van der Waals surface area contributed by atoms with E-state index in [9.17, 15) is 14.7 Å². The highest BCUT2D eigenvalue weighted by atomic mass is 16.4. The summed E-state index contributed by atoms with van der Waals surface area (Å²) in [5, 5.41) is 12.2. The zero-order valence-corrected chi connectivity index (χ0v) is 11.3. The fourth-order valence-corrected chi connectivity index (χ4v) is 2.63. The third kappa shape index (κ3) is 2.64. The van der Waals surface area contributed by atoms with E-state index in [0.29, 0.717) is 24.5 Å². The van der Waals surface area contributed by atoms with Crippen LogP contribution >= 0.6 is 0 Å². The number of aromatic nitrogens is 1. The van der Waals surface area contributed by atoms with Gasteiger partial charge in [-0.2, -0.15) is 0 Å². The molecule has 0 unspecified atom stereocenters. The lowest BCUT2D eigenvalue weighted by molar-refractivity contribution is -0.146. The summed E-state index contributed by atoms with van der Waals surface area (Å²) in [5.74, 6) is -0.717. The third-order valence-electron chi connectivity index (χ3n) is 4.07. The van der Waals surface area contributed by atoms with Crippen molar-refractivity contribution in [3.05, 3.63) is 24.0 Å². The molecule has 0 radical (unpaired) electrons. The Balaban J connectivity index is 2.16. The van der Waals surface area contributed by atoms with Gasteiger partial charge in [-0.15, -0.1) is 0 Å². The molecule has 0 spiro atoms. The number of carbonyl (C=O) groups is 2. The van der Waals surface area contributed by atoms with Crippen molar-refractivity contribution in [1.29, 1.82) is 0 Å². The van der Waals surface area contributed by atoms with Crippen molar-refractivity contribution in [2.45, 2.75) is 38.1 Å². The molecule has 19 heavy (non-hydrogen) atoms. The minimum Gasteiger partial charge on any atom is -0.480 e. The Hall–Kier alpha value is -1.78. The quantitative estimate of drug-likeness (QED) is 0.874. The smallest absolute Gasteiger partial charge is 0.329 e. The molecular formula is C14H20N2O3. The number of carboxylic acid groups (broad SMARTS) is 1. The lowest BCUT2D eigenvalue weighted by atomic mass is 9.77. The maximum atomic E-state index is 12.2. The van der Waals surface area contributed by atoms with Crippen LogP contribution in [0, 0.1) is 5.92 Å². The second kappa shape index (κ2) is 5.07. The summed E-state index contributed by atoms with van der Waals surface area (Å²) in [6, 6.07) is 3.46. The zero-order valence-electron chi connectivity index (χ0n) is 11.3. The number of hydrogen-bond donors (Lipinski definition) is 2. The minimum atomic E-state index is -1.10. The van der Waals surface area contributed by atoms with Crippen LogP contribution < -0.4 is 5.32 Å². The number of amides is 1. The maximum absolute atomic E-state index is 12.2. The molecule has 1 aromatic heterocycles. The van der Waals surface area contributed by atoms with Gasteiger partial charge < -0.3 is 15.0 Å². The van der Waals surface area contributed by atoms with Gasteiger partial charge in [-0.05, 0) is 43.7 Å². The van der Waals surface area contributed by atoms with Crippen molar-refractivity contribution in [3.8, 4) is 0 Å². The number of nitrogens with zero attached hydrogens (tertiary/aromatic N) is 1. The highest BCUT2D eigenvalue weighted by molar-refractivity contribution is 5.96. The average Bonchev–Trinajstić information content (AvgIpc) is 2.78. The number of rotatable bonds is 3. The molecule has 1 amide bonds. The van der Waals surface area contributed by atoms with Crippen LogP contribution in [0.5, 0.6) is 0 Å². The van der Waals surface area contributed by atoms with E-state index in [1.807, 2.05) is 0 Å². The van der Waals surface area contributed by atoms with E-state index in [1.165, 1.54) is 0 Å². The summed E-state index contributed by atoms with van der Waals surface area (Å²) in [6.07, 6.45) is 4.43. The molecule has 1 heterocycles. The Morgan fingerprint density at radius 2 is 2.05 bits per heavy atom. The summed E-state index contributed by atoms with van der Waals surface area (Å²) >= 11 is 0. The Bertz CT molecular complexity index is 485. The fourth-order valence-electron chi connectivity index (χ4n) is 2.63. The van der Waals surface area contributed by atoms with Gasteiger partial charge in [0, 0.05) is 13.2 Å². The number of aliphatic carboxylic acids is 1. The van der Waals surface area contributed by atoms with Crippen LogP contribution in [0.4, 0.5) is 0 Å². The summed E-state index contributed by atoms with van der Waals surface area (Å²) in [4.78, 5) is 23.7. The van der Waals surface area contributed by atoms with Gasteiger partial charge in [0.2, 0.25) is 0 Å². The highest BCUT2D eigenvalue weighted by Crippen LogP contribution is 2.32. The van der Waals surface area contributed by atoms with Gasteiger partial charge in [0.1, 0.15) is 11.2 Å². The molecule has 2 N–H and O–H groups in total. The normalized spacial score (nSPS) is 26.9. The number of carbonyl (C=O) groups excluding carboxylic acids is 1. The molecule has 2 rings (SSSR count). The van der Waals surface area contributed by atoms with Crippen LogP contribution in [0.1, 0.15) is 43.1 Å². The van der Waals surface area contributed by atoms with Crippen LogP contribution in [-0.2, 0) is 11.8 Å². The van der Waals surface area contributed by atoms with Gasteiger partial charge in [0.25, 0.3) is 5.91 Å². The Morgan fingerprint density at radius 3 is 2.53 bits per heavy atom. The van der Waals surface area contributed by atoms with Crippen LogP contribution in [0.3, 0.4) is 0 Å². The molecule has 104 valence electrons.